The number of alkyl halides is 3. The van der Waals surface area contributed by atoms with Crippen molar-refractivity contribution in [3.8, 4) is 17.2 Å². The van der Waals surface area contributed by atoms with Crippen LogP contribution < -0.4 is 0 Å². The predicted molar refractivity (Wildman–Crippen MR) is 139 cm³/mol. The fraction of sp³-hybridized carbons (Fsp3) is 0.333. The van der Waals surface area contributed by atoms with E-state index in [1.165, 1.54) is 34.4 Å². The van der Waals surface area contributed by atoms with Crippen molar-refractivity contribution in [2.45, 2.75) is 32.1 Å². The molecule has 0 saturated carbocycles. The van der Waals surface area contributed by atoms with Crippen molar-refractivity contribution < 1.29 is 18.0 Å². The average Bonchev–Trinajstić information content (AvgIpc) is 3.51. The van der Waals surface area contributed by atoms with Gasteiger partial charge in [-0.25, -0.2) is 4.85 Å². The summed E-state index contributed by atoms with van der Waals surface area (Å²) < 4.78 is 43.3. The second kappa shape index (κ2) is 10.8. The van der Waals surface area contributed by atoms with Crippen LogP contribution in [0.25, 0.3) is 16.0 Å². The third kappa shape index (κ3) is 5.49. The van der Waals surface area contributed by atoms with Crippen molar-refractivity contribution in [3.05, 3.63) is 81.3 Å². The number of halogens is 3. The number of hydrogen-bond donors (Lipinski definition) is 0. The second-order valence-electron chi connectivity index (χ2n) is 9.17. The third-order valence-corrected chi connectivity index (χ3v) is 7.33. The van der Waals surface area contributed by atoms with Crippen LogP contribution in [-0.4, -0.2) is 52.7 Å². The van der Waals surface area contributed by atoms with Gasteiger partial charge in [-0.05, 0) is 55.9 Å². The number of thiophene rings is 1. The number of benzene rings is 1. The first-order chi connectivity index (χ1) is 18.0. The Bertz CT molecular complexity index is 1470. The number of amides is 1. The molecule has 0 N–H and O–H groups in total. The highest BCUT2D eigenvalue weighted by molar-refractivity contribution is 7.16. The van der Waals surface area contributed by atoms with E-state index < -0.39 is 17.8 Å². The Hall–Kier alpha value is -3.93. The lowest BCUT2D eigenvalue weighted by Crippen LogP contribution is -2.37. The molecule has 3 aromatic rings. The number of aryl methyl sites for hydroxylation is 1. The van der Waals surface area contributed by atoms with Crippen LogP contribution in [0.4, 0.5) is 18.2 Å². The molecular formula is C27H25F3N6OS. The Morgan fingerprint density at radius 1 is 1.32 bits per heavy atom. The summed E-state index contributed by atoms with van der Waals surface area (Å²) in [6.45, 7) is 10.5. The van der Waals surface area contributed by atoms with Gasteiger partial charge in [-0.1, -0.05) is 12.1 Å². The number of hydrogen-bond acceptors (Lipinski definition) is 5. The molecule has 3 heterocycles. The van der Waals surface area contributed by atoms with Crippen LogP contribution in [-0.2, 0) is 24.1 Å². The quantitative estimate of drug-likeness (QED) is 0.300. The van der Waals surface area contributed by atoms with Crippen LogP contribution >= 0.6 is 11.3 Å². The molecule has 1 amide bonds. The molecule has 11 heteroatoms. The van der Waals surface area contributed by atoms with E-state index in [2.05, 4.69) is 9.94 Å². The summed E-state index contributed by atoms with van der Waals surface area (Å²) in [5.41, 5.74) is 0.644. The number of nitrogens with zero attached hydrogens (tertiary/aromatic N) is 6. The summed E-state index contributed by atoms with van der Waals surface area (Å²) in [7, 11) is 3.77. The highest BCUT2D eigenvalue weighted by Crippen LogP contribution is 2.46. The molecule has 0 aliphatic carbocycles. The van der Waals surface area contributed by atoms with Crippen LogP contribution in [0.15, 0.2) is 42.6 Å². The molecule has 196 valence electrons. The zero-order valence-electron chi connectivity index (χ0n) is 21.1. The molecule has 1 aliphatic heterocycles. The molecule has 1 aromatic carbocycles. The van der Waals surface area contributed by atoms with Gasteiger partial charge in [-0.15, -0.1) is 0 Å². The van der Waals surface area contributed by atoms with Crippen molar-refractivity contribution in [2.75, 3.05) is 27.2 Å². The zero-order chi connectivity index (χ0) is 27.6. The highest BCUT2D eigenvalue weighted by Gasteiger charge is 2.39. The highest BCUT2D eigenvalue weighted by atomic mass is 32.1. The lowest BCUT2D eigenvalue weighted by atomic mass is 9.83. The minimum absolute atomic E-state index is 0.122. The van der Waals surface area contributed by atoms with E-state index >= 15 is 0 Å². The summed E-state index contributed by atoms with van der Waals surface area (Å²) >= 11 is 1.28. The van der Waals surface area contributed by atoms with Crippen molar-refractivity contribution in [1.29, 1.82) is 5.26 Å². The van der Waals surface area contributed by atoms with Gasteiger partial charge in [-0.3, -0.25) is 9.48 Å². The number of rotatable bonds is 6. The van der Waals surface area contributed by atoms with Crippen molar-refractivity contribution in [1.82, 2.24) is 19.6 Å². The summed E-state index contributed by atoms with van der Waals surface area (Å²) in [5.74, 6) is -0.712. The lowest BCUT2D eigenvalue weighted by molar-refractivity contribution is -0.141. The topological polar surface area (TPSA) is 69.5 Å². The Labute approximate surface area is 222 Å². The molecule has 0 saturated heterocycles. The number of likely N-dealkylation sites (N-methyl/N-ethyl adjacent to an activating group) is 1. The molecule has 0 spiro atoms. The Kier molecular flexibility index (Phi) is 7.72. The molecule has 1 atom stereocenters. The van der Waals surface area contributed by atoms with Crippen LogP contribution in [0.3, 0.4) is 0 Å². The predicted octanol–water partition coefficient (Wildman–Crippen LogP) is 5.66. The maximum atomic E-state index is 14.0. The van der Waals surface area contributed by atoms with E-state index in [9.17, 15) is 23.2 Å². The molecule has 2 aromatic heterocycles. The van der Waals surface area contributed by atoms with E-state index in [0.29, 0.717) is 23.7 Å². The van der Waals surface area contributed by atoms with Gasteiger partial charge in [0.15, 0.2) is 5.69 Å². The molecule has 1 unspecified atom stereocenters. The van der Waals surface area contributed by atoms with E-state index in [1.54, 1.807) is 36.1 Å². The van der Waals surface area contributed by atoms with Crippen LogP contribution in [0, 0.1) is 17.9 Å². The molecule has 1 aliphatic rings. The SMILES string of the molecule is [C-]#[N+]c1cc2c(s1)CN(C(=O)/C=C/CN(C)C)CC2c1ccc(C#N)cc1-c1cn(CC)nc1C(F)(F)F. The fourth-order valence-electron chi connectivity index (χ4n) is 4.51. The van der Waals surface area contributed by atoms with Crippen LogP contribution in [0.1, 0.15) is 40.1 Å². The van der Waals surface area contributed by atoms with E-state index in [4.69, 9.17) is 6.57 Å². The summed E-state index contributed by atoms with van der Waals surface area (Å²) in [6.07, 6.45) is -0.101. The Balaban J connectivity index is 1.87. The number of aromatic nitrogens is 2. The molecule has 0 bridgehead atoms. The normalized spacial score (nSPS) is 15.5. The fourth-order valence-corrected chi connectivity index (χ4v) is 5.54. The van der Waals surface area contributed by atoms with Gasteiger partial charge in [0.1, 0.15) is 0 Å². The van der Waals surface area contributed by atoms with E-state index in [-0.39, 0.29) is 35.7 Å². The van der Waals surface area contributed by atoms with E-state index in [1.807, 2.05) is 25.1 Å². The molecule has 4 rings (SSSR count). The first-order valence-electron chi connectivity index (χ1n) is 11.8. The minimum atomic E-state index is -4.70. The van der Waals surface area contributed by atoms with Gasteiger partial charge in [-0.2, -0.15) is 34.9 Å². The van der Waals surface area contributed by atoms with Gasteiger partial charge in [0.05, 0.1) is 24.7 Å². The van der Waals surface area contributed by atoms with Gasteiger partial charge in [0.2, 0.25) is 10.9 Å². The smallest absolute Gasteiger partial charge is 0.333 e. The maximum absolute atomic E-state index is 14.0. The maximum Gasteiger partial charge on any atom is 0.435 e. The van der Waals surface area contributed by atoms with E-state index in [0.717, 1.165) is 10.4 Å². The van der Waals surface area contributed by atoms with Crippen molar-refractivity contribution in [3.63, 3.8) is 0 Å². The molecule has 0 fully saturated rings. The summed E-state index contributed by atoms with van der Waals surface area (Å²) in [5, 5.41) is 13.7. The summed E-state index contributed by atoms with van der Waals surface area (Å²) in [6, 6.07) is 8.43. The largest absolute Gasteiger partial charge is 0.435 e. The van der Waals surface area contributed by atoms with Crippen molar-refractivity contribution in [2.24, 2.45) is 0 Å². The van der Waals surface area contributed by atoms with Gasteiger partial charge >= 0.3 is 6.18 Å². The minimum Gasteiger partial charge on any atom is -0.333 e. The van der Waals surface area contributed by atoms with Gasteiger partial charge in [0, 0.05) is 48.3 Å². The lowest BCUT2D eigenvalue weighted by Gasteiger charge is -2.34. The Morgan fingerprint density at radius 3 is 2.71 bits per heavy atom. The van der Waals surface area contributed by atoms with Gasteiger partial charge in [0.25, 0.3) is 0 Å². The molecule has 0 radical (unpaired) electrons. The second-order valence-corrected chi connectivity index (χ2v) is 10.3. The van der Waals surface area contributed by atoms with Crippen LogP contribution in [0.2, 0.25) is 0 Å². The average molecular weight is 539 g/mol. The first kappa shape index (κ1) is 27.1. The standard InChI is InChI=1S/C27H25F3N6OS/c1-5-36-15-22(26(33-36)27(28,29)30)19-11-17(13-31)8-9-18(19)21-14-35(25(37)7-6-10-34(3)4)16-23-20(21)12-24(32-2)38-23/h6-9,11-12,15,21H,5,10,14,16H2,1,3-4H3/b7-6+. The van der Waals surface area contributed by atoms with Crippen LogP contribution in [0.5, 0.6) is 0 Å². The number of carbonyl (C=O) groups excluding carboxylic acids is 1. The third-order valence-electron chi connectivity index (χ3n) is 6.30. The first-order valence-corrected chi connectivity index (χ1v) is 12.7. The molecule has 7 nitrogen and oxygen atoms in total. The molecule has 38 heavy (non-hydrogen) atoms. The summed E-state index contributed by atoms with van der Waals surface area (Å²) in [4.78, 5) is 21.0. The Morgan fingerprint density at radius 2 is 2.08 bits per heavy atom. The molecular weight excluding hydrogens is 513 g/mol. The van der Waals surface area contributed by atoms with Crippen molar-refractivity contribution >= 4 is 22.2 Å². The zero-order valence-corrected chi connectivity index (χ0v) is 21.9. The monoisotopic (exact) mass is 538 g/mol. The number of fused-ring (bicyclic) bond motifs is 1. The number of nitriles is 1. The number of carbonyl (C=O) groups is 1. The van der Waals surface area contributed by atoms with Gasteiger partial charge < -0.3 is 9.80 Å².